The van der Waals surface area contributed by atoms with Crippen molar-refractivity contribution in [3.63, 3.8) is 0 Å². The van der Waals surface area contributed by atoms with Crippen molar-refractivity contribution in [1.29, 1.82) is 0 Å². The number of hydrogen-bond acceptors (Lipinski definition) is 4. The van der Waals surface area contributed by atoms with E-state index in [1.807, 2.05) is 71.9 Å². The van der Waals surface area contributed by atoms with E-state index in [9.17, 15) is 9.59 Å². The molecule has 0 bridgehead atoms. The van der Waals surface area contributed by atoms with Crippen LogP contribution in [0.4, 0.5) is 0 Å². The van der Waals surface area contributed by atoms with Crippen LogP contribution in [0, 0.1) is 0 Å². The lowest BCUT2D eigenvalue weighted by Gasteiger charge is -2.24. The highest BCUT2D eigenvalue weighted by Gasteiger charge is 2.22. The normalized spacial score (nSPS) is 11.0. The Hall–Kier alpha value is -1.84. The highest BCUT2D eigenvalue weighted by Crippen LogP contribution is 2.23. The maximum Gasteiger partial charge on any atom is 0.305 e. The molecule has 1 aromatic carbocycles. The zero-order chi connectivity index (χ0) is 19.2. The van der Waals surface area contributed by atoms with Crippen LogP contribution in [0.15, 0.2) is 30.3 Å². The summed E-state index contributed by atoms with van der Waals surface area (Å²) in [6.07, 6.45) is 1.45. The zero-order valence-electron chi connectivity index (χ0n) is 16.5. The van der Waals surface area contributed by atoms with Gasteiger partial charge in [-0.3, -0.25) is 9.59 Å². The van der Waals surface area contributed by atoms with Crippen LogP contribution < -0.4 is 0 Å². The molecule has 4 heteroatoms. The van der Waals surface area contributed by atoms with E-state index in [2.05, 4.69) is 0 Å². The fourth-order valence-electron chi connectivity index (χ4n) is 1.65. The van der Waals surface area contributed by atoms with Crippen molar-refractivity contribution >= 4 is 11.9 Å². The van der Waals surface area contributed by atoms with E-state index < -0.39 is 5.60 Å². The summed E-state index contributed by atoms with van der Waals surface area (Å²) in [4.78, 5) is 21.4. The monoisotopic (exact) mass is 338 g/mol. The van der Waals surface area contributed by atoms with Crippen molar-refractivity contribution in [3.8, 4) is 0 Å². The molecule has 1 rings (SSSR count). The molecule has 0 fully saturated rings. The number of carbonyl (C=O) groups is 2. The largest absolute Gasteiger partial charge is 0.463 e. The number of hydrogen-bond donors (Lipinski definition) is 0. The van der Waals surface area contributed by atoms with Gasteiger partial charge in [-0.05, 0) is 32.8 Å². The van der Waals surface area contributed by atoms with Crippen molar-refractivity contribution in [1.82, 2.24) is 0 Å². The Balaban J connectivity index is 0. The quantitative estimate of drug-likeness (QED) is 0.688. The minimum Gasteiger partial charge on any atom is -0.463 e. The van der Waals surface area contributed by atoms with Gasteiger partial charge in [0.2, 0.25) is 0 Å². The van der Waals surface area contributed by atoms with E-state index in [1.165, 1.54) is 6.92 Å². The maximum atomic E-state index is 10.8. The fourth-order valence-corrected chi connectivity index (χ4v) is 1.65. The van der Waals surface area contributed by atoms with Gasteiger partial charge >= 0.3 is 11.9 Å². The zero-order valence-corrected chi connectivity index (χ0v) is 16.5. The first-order valence-electron chi connectivity index (χ1n) is 8.67. The lowest BCUT2D eigenvalue weighted by molar-refractivity contribution is -0.154. The van der Waals surface area contributed by atoms with Gasteiger partial charge in [-0.25, -0.2) is 0 Å². The lowest BCUT2D eigenvalue weighted by atomic mass is 9.98. The van der Waals surface area contributed by atoms with Crippen LogP contribution in [0.2, 0.25) is 0 Å². The summed E-state index contributed by atoms with van der Waals surface area (Å²) < 4.78 is 10.1. The molecule has 0 radical (unpaired) electrons. The molecule has 0 aliphatic heterocycles. The molecule has 0 N–H and O–H groups in total. The first kappa shape index (κ1) is 24.4. The van der Waals surface area contributed by atoms with Gasteiger partial charge in [0.05, 0.1) is 6.10 Å². The first-order valence-corrected chi connectivity index (χ1v) is 8.67. The molecule has 24 heavy (non-hydrogen) atoms. The molecule has 4 nitrogen and oxygen atoms in total. The predicted molar refractivity (Wildman–Crippen MR) is 98.7 cm³/mol. The summed E-state index contributed by atoms with van der Waals surface area (Å²) >= 11 is 0. The highest BCUT2D eigenvalue weighted by molar-refractivity contribution is 5.69. The van der Waals surface area contributed by atoms with E-state index in [0.29, 0.717) is 6.42 Å². The highest BCUT2D eigenvalue weighted by atomic mass is 16.6. The molecule has 0 heterocycles. The van der Waals surface area contributed by atoms with Crippen LogP contribution in [0.25, 0.3) is 0 Å². The Morgan fingerprint density at radius 3 is 1.96 bits per heavy atom. The van der Waals surface area contributed by atoms with Gasteiger partial charge in [-0.2, -0.15) is 0 Å². The lowest BCUT2D eigenvalue weighted by Crippen LogP contribution is -2.23. The Morgan fingerprint density at radius 2 is 1.58 bits per heavy atom. The summed E-state index contributed by atoms with van der Waals surface area (Å²) in [6.45, 7) is 14.9. The molecule has 0 aliphatic carbocycles. The average molecular weight is 338 g/mol. The topological polar surface area (TPSA) is 52.6 Å². The molecule has 1 atom stereocenters. The number of benzene rings is 1. The summed E-state index contributed by atoms with van der Waals surface area (Å²) in [7, 11) is 0. The number of rotatable bonds is 5. The second-order valence-corrected chi connectivity index (χ2v) is 5.53. The van der Waals surface area contributed by atoms with E-state index in [-0.39, 0.29) is 18.0 Å². The van der Waals surface area contributed by atoms with Gasteiger partial charge in [0.15, 0.2) is 0 Å². The molecular formula is C20H34O4. The van der Waals surface area contributed by atoms with Gasteiger partial charge in [0.25, 0.3) is 0 Å². The SMILES string of the molecule is CC.CC(=O)OC(C)(C)c1ccccc1.CCC(=O)OC(C)CC. The van der Waals surface area contributed by atoms with Gasteiger partial charge in [-0.1, -0.05) is 58.0 Å². The van der Waals surface area contributed by atoms with Crippen molar-refractivity contribution in [2.75, 3.05) is 0 Å². The Labute approximate surface area is 147 Å². The van der Waals surface area contributed by atoms with Gasteiger partial charge in [0.1, 0.15) is 5.60 Å². The average Bonchev–Trinajstić information content (AvgIpc) is 2.56. The Kier molecular flexibility index (Phi) is 13.8. The minimum atomic E-state index is -0.535. The van der Waals surface area contributed by atoms with Crippen LogP contribution in [0.5, 0.6) is 0 Å². The molecule has 0 saturated heterocycles. The van der Waals surface area contributed by atoms with Crippen molar-refractivity contribution in [3.05, 3.63) is 35.9 Å². The van der Waals surface area contributed by atoms with Crippen LogP contribution in [-0.4, -0.2) is 18.0 Å². The van der Waals surface area contributed by atoms with Gasteiger partial charge in [-0.15, -0.1) is 0 Å². The second kappa shape index (κ2) is 13.6. The number of esters is 2. The summed E-state index contributed by atoms with van der Waals surface area (Å²) in [5.41, 5.74) is 0.470. The maximum absolute atomic E-state index is 10.8. The summed E-state index contributed by atoms with van der Waals surface area (Å²) in [5.74, 6) is -0.363. The van der Waals surface area contributed by atoms with Crippen molar-refractivity contribution < 1.29 is 19.1 Å². The van der Waals surface area contributed by atoms with Crippen LogP contribution >= 0.6 is 0 Å². The Morgan fingerprint density at radius 1 is 1.08 bits per heavy atom. The molecule has 138 valence electrons. The Bertz CT molecular complexity index is 452. The molecule has 0 saturated carbocycles. The number of carbonyl (C=O) groups excluding carboxylic acids is 2. The van der Waals surface area contributed by atoms with E-state index in [1.54, 1.807) is 6.92 Å². The van der Waals surface area contributed by atoms with Crippen molar-refractivity contribution in [2.24, 2.45) is 0 Å². The smallest absolute Gasteiger partial charge is 0.305 e. The van der Waals surface area contributed by atoms with Crippen molar-refractivity contribution in [2.45, 2.75) is 79.9 Å². The van der Waals surface area contributed by atoms with Crippen LogP contribution in [-0.2, 0) is 24.7 Å². The molecule has 0 amide bonds. The van der Waals surface area contributed by atoms with Gasteiger partial charge < -0.3 is 9.47 Å². The molecule has 0 aromatic heterocycles. The standard InChI is InChI=1S/C11H14O2.C7H14O2.C2H6/c1-9(12)13-11(2,3)10-7-5-4-6-8-10;1-4-6(3)9-7(8)5-2;1-2/h4-8H,1-3H3;6H,4-5H2,1-3H3;1-2H3. The molecular weight excluding hydrogens is 304 g/mol. The first-order chi connectivity index (χ1) is 11.2. The number of ether oxygens (including phenoxy) is 2. The molecule has 0 spiro atoms. The van der Waals surface area contributed by atoms with E-state index >= 15 is 0 Å². The predicted octanol–water partition coefficient (Wildman–Crippen LogP) is 5.25. The van der Waals surface area contributed by atoms with E-state index in [4.69, 9.17) is 9.47 Å². The summed E-state index contributed by atoms with van der Waals surface area (Å²) in [5, 5.41) is 0. The third-order valence-electron chi connectivity index (χ3n) is 3.06. The summed E-state index contributed by atoms with van der Waals surface area (Å²) in [6, 6.07) is 9.69. The molecule has 0 aliphatic rings. The third-order valence-corrected chi connectivity index (χ3v) is 3.06. The third kappa shape index (κ3) is 11.7. The van der Waals surface area contributed by atoms with E-state index in [0.717, 1.165) is 12.0 Å². The minimum absolute atomic E-state index is 0.0810. The molecule has 1 aromatic rings. The van der Waals surface area contributed by atoms with Crippen LogP contribution in [0.1, 0.15) is 73.8 Å². The second-order valence-electron chi connectivity index (χ2n) is 5.53. The van der Waals surface area contributed by atoms with Gasteiger partial charge in [0, 0.05) is 13.3 Å². The van der Waals surface area contributed by atoms with Crippen LogP contribution in [0.3, 0.4) is 0 Å². The molecule has 1 unspecified atom stereocenters. The fraction of sp³-hybridized carbons (Fsp3) is 0.600.